The van der Waals surface area contributed by atoms with Gasteiger partial charge in [0.15, 0.2) is 0 Å². The number of amides is 1. The second-order valence-electron chi connectivity index (χ2n) is 6.51. The van der Waals surface area contributed by atoms with Gasteiger partial charge in [-0.1, -0.05) is 18.2 Å². The third-order valence-corrected chi connectivity index (χ3v) is 4.79. The van der Waals surface area contributed by atoms with Crippen molar-refractivity contribution < 1.29 is 36.3 Å². The number of piperazine rings is 1. The molecule has 142 valence electrons. The molecule has 0 spiro atoms. The van der Waals surface area contributed by atoms with Gasteiger partial charge in [0.05, 0.1) is 33.2 Å². The van der Waals surface area contributed by atoms with E-state index in [1.807, 2.05) is 0 Å². The van der Waals surface area contributed by atoms with Crippen LogP contribution in [0.1, 0.15) is 0 Å². The van der Waals surface area contributed by atoms with Crippen LogP contribution in [0.2, 0.25) is 0 Å². The summed E-state index contributed by atoms with van der Waals surface area (Å²) in [5, 5.41) is 25.4. The Kier molecular flexibility index (Phi) is 5.20. The summed E-state index contributed by atoms with van der Waals surface area (Å²) in [6.45, 7) is 2.88. The first-order chi connectivity index (χ1) is 12.6. The van der Waals surface area contributed by atoms with Crippen molar-refractivity contribution in [1.29, 1.82) is 0 Å². The van der Waals surface area contributed by atoms with Gasteiger partial charge in [-0.3, -0.25) is 4.90 Å². The summed E-state index contributed by atoms with van der Waals surface area (Å²) < 4.78 is 6.83. The molecule has 1 N–H and O–H groups in total. The fourth-order valence-electron chi connectivity index (χ4n) is 3.25. The molecule has 0 atom stereocenters. The lowest BCUT2D eigenvalue weighted by Crippen LogP contribution is -3.12. The number of rotatable bonds is 1. The van der Waals surface area contributed by atoms with Crippen molar-refractivity contribution in [2.45, 2.75) is 0 Å². The quantitative estimate of drug-likeness (QED) is 0.266. The molecule has 8 nitrogen and oxygen atoms in total. The van der Waals surface area contributed by atoms with Crippen molar-refractivity contribution in [2.75, 3.05) is 33.2 Å². The zero-order valence-corrected chi connectivity index (χ0v) is 15.5. The van der Waals surface area contributed by atoms with Crippen molar-refractivity contribution in [3.8, 4) is 5.75 Å². The summed E-state index contributed by atoms with van der Waals surface area (Å²) in [5.74, 6) is 0.0872. The van der Waals surface area contributed by atoms with Gasteiger partial charge < -0.3 is 32.5 Å². The lowest BCUT2D eigenvalue weighted by Gasteiger charge is -2.29. The predicted octanol–water partition coefficient (Wildman–Crippen LogP) is -3.41. The average Bonchev–Trinajstić information content (AvgIpc) is 2.66. The fraction of sp³-hybridized carbons (Fsp3) is 0.278. The number of nitrogens with one attached hydrogen (secondary N) is 1. The highest BCUT2D eigenvalue weighted by Crippen LogP contribution is 2.23. The van der Waals surface area contributed by atoms with Crippen molar-refractivity contribution >= 4 is 28.2 Å². The molecule has 2 aromatic carbocycles. The van der Waals surface area contributed by atoms with E-state index >= 15 is 0 Å². The van der Waals surface area contributed by atoms with Crippen LogP contribution in [0.15, 0.2) is 42.5 Å². The molecule has 1 aliphatic rings. The van der Waals surface area contributed by atoms with Crippen LogP contribution >= 0.6 is 0 Å². The van der Waals surface area contributed by atoms with E-state index in [0.29, 0.717) is 22.6 Å². The van der Waals surface area contributed by atoms with Crippen molar-refractivity contribution in [3.63, 3.8) is 0 Å². The van der Waals surface area contributed by atoms with Crippen molar-refractivity contribution in [3.05, 3.63) is 52.9 Å². The van der Waals surface area contributed by atoms with Crippen LogP contribution in [-0.2, 0) is 0 Å². The van der Waals surface area contributed by atoms with E-state index in [4.69, 9.17) is 4.74 Å². The number of fused-ring (bicyclic) bond motifs is 2. The smallest absolute Gasteiger partial charge is 0.415 e. The minimum atomic E-state index is -0.504. The Morgan fingerprint density at radius 3 is 2.26 bits per heavy atom. The van der Waals surface area contributed by atoms with Crippen LogP contribution in [0, 0.1) is 10.4 Å². The molecule has 3 aromatic rings. The average molecular weight is 391 g/mol. The zero-order valence-electron chi connectivity index (χ0n) is 14.7. The van der Waals surface area contributed by atoms with E-state index < -0.39 is 6.09 Å². The van der Waals surface area contributed by atoms with E-state index in [1.54, 1.807) is 41.3 Å². The first-order valence-corrected chi connectivity index (χ1v) is 8.51. The Labute approximate surface area is 161 Å². The molecule has 0 aliphatic carbocycles. The number of benzene rings is 2. The van der Waals surface area contributed by atoms with Crippen molar-refractivity contribution in [2.24, 2.45) is 0 Å². The molecule has 0 bridgehead atoms. The summed E-state index contributed by atoms with van der Waals surface area (Å²) >= 11 is 0. The zero-order chi connectivity index (χ0) is 18.3. The largest absolute Gasteiger partial charge is 1.00 e. The first kappa shape index (κ1) is 18.9. The summed E-state index contributed by atoms with van der Waals surface area (Å²) in [5.41, 5.74) is 0.698. The number of halogens is 1. The number of ether oxygens (including phenoxy) is 1. The number of carbonyl (C=O) groups is 1. The van der Waals surface area contributed by atoms with E-state index in [0.717, 1.165) is 13.1 Å². The maximum absolute atomic E-state index is 12.8. The number of aromatic nitrogens is 2. The summed E-state index contributed by atoms with van der Waals surface area (Å²) in [6.07, 6.45) is -0.504. The Bertz CT molecular complexity index is 1010. The molecule has 1 saturated heterocycles. The molecule has 1 fully saturated rings. The van der Waals surface area contributed by atoms with Gasteiger partial charge in [0, 0.05) is 18.2 Å². The monoisotopic (exact) mass is 390 g/mol. The van der Waals surface area contributed by atoms with Crippen LogP contribution in [0.4, 0.5) is 4.79 Å². The third-order valence-electron chi connectivity index (χ3n) is 4.79. The maximum atomic E-state index is 12.8. The number of likely N-dealkylation sites (N-methyl/N-ethyl adjacent to an activating group) is 1. The Morgan fingerprint density at radius 2 is 1.59 bits per heavy atom. The molecular formula is C18H19ClN4O4. The fourth-order valence-corrected chi connectivity index (χ4v) is 3.25. The summed E-state index contributed by atoms with van der Waals surface area (Å²) in [6, 6.07) is 11.2. The Hall–Kier alpha value is -2.84. The minimum Gasteiger partial charge on any atom is -1.00 e. The normalized spacial score (nSPS) is 14.9. The molecular weight excluding hydrogens is 372 g/mol. The SMILES string of the molecule is C[NH+]1CCN(C(=O)Oc2cccc3c2[n+]([O-])c2ccccc2[n+]3[O-])CC1.[Cl-]. The van der Waals surface area contributed by atoms with Gasteiger partial charge in [0.1, 0.15) is 0 Å². The standard InChI is InChI=1S/C18H18N4O4.ClH/c1-19-9-11-20(12-10-19)18(23)26-16-8-4-7-15-17(16)22(25)14-6-3-2-5-13(14)21(15)24;/h2-8H,9-12H2,1H3;1H. The van der Waals surface area contributed by atoms with E-state index in [9.17, 15) is 15.2 Å². The number of nitrogens with zero attached hydrogens (tertiary/aromatic N) is 3. The van der Waals surface area contributed by atoms with E-state index in [-0.39, 0.29) is 40.2 Å². The van der Waals surface area contributed by atoms with Gasteiger partial charge in [-0.15, -0.1) is 0 Å². The topological polar surface area (TPSA) is 87.9 Å². The molecule has 1 amide bonds. The summed E-state index contributed by atoms with van der Waals surface area (Å²) in [4.78, 5) is 15.5. The minimum absolute atomic E-state index is 0. The van der Waals surface area contributed by atoms with Crippen LogP contribution < -0.4 is 31.5 Å². The van der Waals surface area contributed by atoms with Gasteiger partial charge in [-0.05, 0) is 6.07 Å². The molecule has 1 aromatic heterocycles. The number of para-hydroxylation sites is 3. The Balaban J connectivity index is 0.00000210. The molecule has 0 unspecified atom stereocenters. The first-order valence-electron chi connectivity index (χ1n) is 8.51. The number of hydrogen-bond donors (Lipinski definition) is 1. The predicted molar refractivity (Wildman–Crippen MR) is 93.6 cm³/mol. The molecule has 9 heteroatoms. The molecule has 2 heterocycles. The van der Waals surface area contributed by atoms with E-state index in [1.165, 1.54) is 11.0 Å². The molecule has 1 aliphatic heterocycles. The molecule has 0 saturated carbocycles. The molecule has 4 rings (SSSR count). The highest BCUT2D eigenvalue weighted by atomic mass is 35.5. The second-order valence-corrected chi connectivity index (χ2v) is 6.51. The summed E-state index contributed by atoms with van der Waals surface area (Å²) in [7, 11) is 2.08. The van der Waals surface area contributed by atoms with Gasteiger partial charge in [0.25, 0.3) is 16.6 Å². The van der Waals surface area contributed by atoms with Crippen LogP contribution in [-0.4, -0.2) is 44.2 Å². The Morgan fingerprint density at radius 1 is 1.00 bits per heavy atom. The molecule has 27 heavy (non-hydrogen) atoms. The highest BCUT2D eigenvalue weighted by molar-refractivity contribution is 5.83. The van der Waals surface area contributed by atoms with Crippen LogP contribution in [0.5, 0.6) is 5.75 Å². The van der Waals surface area contributed by atoms with Crippen molar-refractivity contribution in [1.82, 2.24) is 4.90 Å². The van der Waals surface area contributed by atoms with E-state index in [2.05, 4.69) is 7.05 Å². The van der Waals surface area contributed by atoms with Gasteiger partial charge in [0.2, 0.25) is 5.75 Å². The van der Waals surface area contributed by atoms with Gasteiger partial charge in [-0.2, -0.15) is 9.46 Å². The van der Waals surface area contributed by atoms with Crippen LogP contribution in [0.25, 0.3) is 22.1 Å². The number of hydrogen-bond acceptors (Lipinski definition) is 4. The van der Waals surface area contributed by atoms with Gasteiger partial charge >= 0.3 is 11.6 Å². The maximum Gasteiger partial charge on any atom is 0.415 e. The van der Waals surface area contributed by atoms with Crippen LogP contribution in [0.3, 0.4) is 0 Å². The highest BCUT2D eigenvalue weighted by Gasteiger charge is 2.28. The number of quaternary nitrogens is 1. The number of carbonyl (C=O) groups excluding carboxylic acids is 1. The second kappa shape index (κ2) is 7.42. The third kappa shape index (κ3) is 3.29. The molecule has 0 radical (unpaired) electrons. The lowest BCUT2D eigenvalue weighted by molar-refractivity contribution is -0.883. The van der Waals surface area contributed by atoms with Gasteiger partial charge in [-0.25, -0.2) is 4.79 Å². The lowest BCUT2D eigenvalue weighted by atomic mass is 10.2.